The second-order valence-electron chi connectivity index (χ2n) is 6.85. The normalized spacial score (nSPS) is 12.6. The molecule has 4 rings (SSSR count). The van der Waals surface area contributed by atoms with Crippen LogP contribution in [0.3, 0.4) is 0 Å². The monoisotopic (exact) mass is 407 g/mol. The number of ether oxygens (including phenoxy) is 1. The lowest BCUT2D eigenvalue weighted by Gasteiger charge is -2.15. The van der Waals surface area contributed by atoms with Crippen LogP contribution in [0.25, 0.3) is 11.1 Å². The van der Waals surface area contributed by atoms with Gasteiger partial charge in [0.1, 0.15) is 6.61 Å². The van der Waals surface area contributed by atoms with Gasteiger partial charge in [-0.2, -0.15) is 13.2 Å². The Kier molecular flexibility index (Phi) is 4.96. The Morgan fingerprint density at radius 1 is 1.00 bits per heavy atom. The highest BCUT2D eigenvalue weighted by Gasteiger charge is 2.31. The van der Waals surface area contributed by atoms with Crippen LogP contribution in [0.5, 0.6) is 0 Å². The number of nitrogens with one attached hydrogen (secondary N) is 1. The Balaban J connectivity index is 1.49. The number of anilines is 1. The van der Waals surface area contributed by atoms with Crippen molar-refractivity contribution in [3.63, 3.8) is 0 Å². The number of carbonyl (C=O) groups excluding carboxylic acids is 1. The van der Waals surface area contributed by atoms with Gasteiger partial charge in [-0.3, -0.25) is 5.32 Å². The minimum atomic E-state index is -4.52. The number of rotatable bonds is 3. The first-order chi connectivity index (χ1) is 14.4. The zero-order valence-corrected chi connectivity index (χ0v) is 15.7. The molecule has 0 saturated heterocycles. The molecule has 0 heterocycles. The number of terminal acetylenes is 1. The molecule has 0 radical (unpaired) electrons. The average Bonchev–Trinajstić information content (AvgIpc) is 3.05. The third-order valence-corrected chi connectivity index (χ3v) is 5.08. The molecule has 1 aliphatic rings. The number of hydrogen-bond acceptors (Lipinski definition) is 2. The van der Waals surface area contributed by atoms with Gasteiger partial charge in [0.2, 0.25) is 0 Å². The highest BCUT2D eigenvalue weighted by Crippen LogP contribution is 2.44. The maximum absolute atomic E-state index is 12.9. The Morgan fingerprint density at radius 3 is 2.17 bits per heavy atom. The third-order valence-electron chi connectivity index (χ3n) is 5.08. The maximum atomic E-state index is 12.9. The molecule has 0 bridgehead atoms. The van der Waals surface area contributed by atoms with Gasteiger partial charge in [-0.15, -0.1) is 6.42 Å². The van der Waals surface area contributed by atoms with Gasteiger partial charge in [0.15, 0.2) is 0 Å². The number of benzene rings is 3. The highest BCUT2D eigenvalue weighted by atomic mass is 19.4. The Morgan fingerprint density at radius 2 is 1.60 bits per heavy atom. The molecule has 0 spiro atoms. The largest absolute Gasteiger partial charge is 0.448 e. The molecule has 0 unspecified atom stereocenters. The second-order valence-corrected chi connectivity index (χ2v) is 6.85. The van der Waals surface area contributed by atoms with Crippen molar-refractivity contribution in [3.05, 3.63) is 89.0 Å². The summed E-state index contributed by atoms with van der Waals surface area (Å²) >= 11 is 0. The van der Waals surface area contributed by atoms with Crippen LogP contribution >= 0.6 is 0 Å². The summed E-state index contributed by atoms with van der Waals surface area (Å²) in [7, 11) is 0. The molecular formula is C24H16F3NO2. The fourth-order valence-corrected chi connectivity index (χ4v) is 3.69. The van der Waals surface area contributed by atoms with Crippen molar-refractivity contribution in [3.8, 4) is 23.5 Å². The Hall–Kier alpha value is -3.72. The number of hydrogen-bond donors (Lipinski definition) is 1. The molecule has 1 amide bonds. The zero-order valence-electron chi connectivity index (χ0n) is 15.7. The van der Waals surface area contributed by atoms with Crippen LogP contribution in [-0.4, -0.2) is 12.7 Å². The van der Waals surface area contributed by atoms with E-state index in [-0.39, 0.29) is 23.8 Å². The van der Waals surface area contributed by atoms with E-state index in [0.717, 1.165) is 40.5 Å². The molecule has 0 aromatic heterocycles. The molecule has 3 aromatic rings. The second kappa shape index (κ2) is 7.60. The number of alkyl halides is 3. The van der Waals surface area contributed by atoms with Gasteiger partial charge in [-0.05, 0) is 40.5 Å². The summed E-state index contributed by atoms with van der Waals surface area (Å²) in [6.45, 7) is 0.0892. The summed E-state index contributed by atoms with van der Waals surface area (Å²) in [4.78, 5) is 12.3. The van der Waals surface area contributed by atoms with Gasteiger partial charge in [0, 0.05) is 11.5 Å². The van der Waals surface area contributed by atoms with E-state index < -0.39 is 17.8 Å². The fourth-order valence-electron chi connectivity index (χ4n) is 3.69. The van der Waals surface area contributed by atoms with Gasteiger partial charge in [0.05, 0.1) is 11.3 Å². The first kappa shape index (κ1) is 19.6. The minimum absolute atomic E-state index is 0.0710. The number of amides is 1. The van der Waals surface area contributed by atoms with Crippen LogP contribution in [0.15, 0.2) is 66.7 Å². The summed E-state index contributed by atoms with van der Waals surface area (Å²) in [6.07, 6.45) is 0.00467. The first-order valence-electron chi connectivity index (χ1n) is 9.18. The van der Waals surface area contributed by atoms with Crippen LogP contribution < -0.4 is 5.32 Å². The Bertz CT molecular complexity index is 1120. The van der Waals surface area contributed by atoms with E-state index in [1.54, 1.807) is 0 Å². The molecule has 30 heavy (non-hydrogen) atoms. The van der Waals surface area contributed by atoms with Crippen LogP contribution in [0, 0.1) is 12.3 Å². The molecule has 0 atom stereocenters. The van der Waals surface area contributed by atoms with Crippen molar-refractivity contribution in [1.29, 1.82) is 0 Å². The van der Waals surface area contributed by atoms with Crippen molar-refractivity contribution in [2.75, 3.05) is 11.9 Å². The summed E-state index contributed by atoms with van der Waals surface area (Å²) < 4.78 is 44.0. The molecule has 150 valence electrons. The van der Waals surface area contributed by atoms with Crippen molar-refractivity contribution < 1.29 is 22.7 Å². The highest BCUT2D eigenvalue weighted by molar-refractivity contribution is 5.87. The lowest BCUT2D eigenvalue weighted by molar-refractivity contribution is -0.137. The van der Waals surface area contributed by atoms with Gasteiger partial charge >= 0.3 is 12.3 Å². The van der Waals surface area contributed by atoms with Crippen LogP contribution in [0.1, 0.15) is 28.2 Å². The van der Waals surface area contributed by atoms with E-state index in [2.05, 4.69) is 11.2 Å². The first-order valence-corrected chi connectivity index (χ1v) is 9.18. The quantitative estimate of drug-likeness (QED) is 0.537. The average molecular weight is 407 g/mol. The van der Waals surface area contributed by atoms with Crippen molar-refractivity contribution in [1.82, 2.24) is 0 Å². The maximum Gasteiger partial charge on any atom is 0.416 e. The topological polar surface area (TPSA) is 38.3 Å². The fraction of sp³-hybridized carbons (Fsp3) is 0.125. The minimum Gasteiger partial charge on any atom is -0.448 e. The standard InChI is InChI=1S/C24H16F3NO2/c1-2-15-13-16(24(25,26)27)11-12-22(15)28-23(29)30-14-21-19-9-5-3-7-17(19)18-8-4-6-10-20(18)21/h1,3-13,21H,14H2,(H,28,29). The van der Waals surface area contributed by atoms with E-state index in [9.17, 15) is 18.0 Å². The lowest BCUT2D eigenvalue weighted by Crippen LogP contribution is -2.18. The van der Waals surface area contributed by atoms with Gasteiger partial charge in [-0.25, -0.2) is 4.79 Å². The summed E-state index contributed by atoms with van der Waals surface area (Å²) in [5.74, 6) is 2.04. The molecular weight excluding hydrogens is 391 g/mol. The van der Waals surface area contributed by atoms with E-state index in [0.29, 0.717) is 0 Å². The molecule has 3 aromatic carbocycles. The molecule has 0 fully saturated rings. The number of halogens is 3. The predicted octanol–water partition coefficient (Wildman–Crippen LogP) is 6.05. The predicted molar refractivity (Wildman–Crippen MR) is 108 cm³/mol. The van der Waals surface area contributed by atoms with Gasteiger partial charge in [0.25, 0.3) is 0 Å². The van der Waals surface area contributed by atoms with Gasteiger partial charge < -0.3 is 4.74 Å². The molecule has 3 nitrogen and oxygen atoms in total. The van der Waals surface area contributed by atoms with E-state index in [1.165, 1.54) is 0 Å². The van der Waals surface area contributed by atoms with E-state index in [1.807, 2.05) is 48.5 Å². The molecule has 6 heteroatoms. The number of fused-ring (bicyclic) bond motifs is 3. The zero-order chi connectivity index (χ0) is 21.3. The summed E-state index contributed by atoms with van der Waals surface area (Å²) in [5.41, 5.74) is 3.45. The smallest absolute Gasteiger partial charge is 0.416 e. The Labute approximate surface area is 171 Å². The van der Waals surface area contributed by atoms with Gasteiger partial charge in [-0.1, -0.05) is 54.5 Å². The van der Waals surface area contributed by atoms with Crippen LogP contribution in [0.4, 0.5) is 23.7 Å². The molecule has 1 N–H and O–H groups in total. The lowest BCUT2D eigenvalue weighted by atomic mass is 9.98. The summed E-state index contributed by atoms with van der Waals surface area (Å²) in [6, 6.07) is 18.6. The van der Waals surface area contributed by atoms with Crippen molar-refractivity contribution in [2.45, 2.75) is 12.1 Å². The van der Waals surface area contributed by atoms with E-state index >= 15 is 0 Å². The van der Waals surface area contributed by atoms with Crippen LogP contribution in [-0.2, 0) is 10.9 Å². The molecule has 0 aliphatic heterocycles. The number of carbonyl (C=O) groups is 1. The van der Waals surface area contributed by atoms with Crippen molar-refractivity contribution >= 4 is 11.8 Å². The SMILES string of the molecule is C#Cc1cc(C(F)(F)F)ccc1NC(=O)OCC1c2ccccc2-c2ccccc21. The van der Waals surface area contributed by atoms with Crippen molar-refractivity contribution in [2.24, 2.45) is 0 Å². The third kappa shape index (κ3) is 3.62. The van der Waals surface area contributed by atoms with E-state index in [4.69, 9.17) is 11.2 Å². The van der Waals surface area contributed by atoms with Crippen LogP contribution in [0.2, 0.25) is 0 Å². The molecule has 0 saturated carbocycles. The molecule has 1 aliphatic carbocycles. The summed E-state index contributed by atoms with van der Waals surface area (Å²) in [5, 5.41) is 2.44.